The van der Waals surface area contributed by atoms with E-state index in [1.165, 1.54) is 32.1 Å². The van der Waals surface area contributed by atoms with E-state index in [4.69, 9.17) is 4.74 Å². The Hall–Kier alpha value is -0.160. The van der Waals surface area contributed by atoms with Gasteiger partial charge in [0.1, 0.15) is 0 Å². The van der Waals surface area contributed by atoms with E-state index < -0.39 is 0 Å². The highest BCUT2D eigenvalue weighted by atomic mass is 16.5. The number of nitrogens with one attached hydrogen (secondary N) is 1. The third-order valence-electron chi connectivity index (χ3n) is 4.47. The van der Waals surface area contributed by atoms with Crippen molar-refractivity contribution < 1.29 is 9.84 Å². The largest absolute Gasteiger partial charge is 0.395 e. The topological polar surface area (TPSA) is 44.7 Å². The van der Waals surface area contributed by atoms with E-state index in [-0.39, 0.29) is 12.0 Å². The number of nitrogens with zero attached hydrogens (tertiary/aromatic N) is 1. The first-order valence-electron chi connectivity index (χ1n) is 7.37. The van der Waals surface area contributed by atoms with Crippen LogP contribution < -0.4 is 5.32 Å². The lowest BCUT2D eigenvalue weighted by atomic mass is 9.80. The molecule has 0 amide bonds. The first kappa shape index (κ1) is 14.3. The van der Waals surface area contributed by atoms with Gasteiger partial charge < -0.3 is 15.2 Å². The zero-order valence-corrected chi connectivity index (χ0v) is 11.7. The molecular weight excluding hydrogens is 228 g/mol. The number of rotatable bonds is 7. The summed E-state index contributed by atoms with van der Waals surface area (Å²) in [6, 6.07) is 0.702. The predicted molar refractivity (Wildman–Crippen MR) is 72.7 cm³/mol. The van der Waals surface area contributed by atoms with Crippen molar-refractivity contribution in [3.8, 4) is 0 Å². The van der Waals surface area contributed by atoms with E-state index in [0.717, 1.165) is 32.8 Å². The summed E-state index contributed by atoms with van der Waals surface area (Å²) in [5.74, 6) is 0. The van der Waals surface area contributed by atoms with Gasteiger partial charge in [-0.2, -0.15) is 0 Å². The average molecular weight is 256 g/mol. The normalized spacial score (nSPS) is 29.5. The van der Waals surface area contributed by atoms with Crippen LogP contribution in [0.4, 0.5) is 0 Å². The van der Waals surface area contributed by atoms with Crippen LogP contribution in [0.2, 0.25) is 0 Å². The molecule has 1 saturated heterocycles. The van der Waals surface area contributed by atoms with Crippen LogP contribution in [-0.4, -0.2) is 62.6 Å². The maximum Gasteiger partial charge on any atom is 0.0558 e. The van der Waals surface area contributed by atoms with Crippen LogP contribution in [0.25, 0.3) is 0 Å². The lowest BCUT2D eigenvalue weighted by Gasteiger charge is -2.45. The predicted octanol–water partition coefficient (Wildman–Crippen LogP) is 0.849. The number of aliphatic hydroxyl groups is 1. The highest BCUT2D eigenvalue weighted by Crippen LogP contribution is 2.33. The molecule has 1 heterocycles. The number of ether oxygens (including phenoxy) is 1. The highest BCUT2D eigenvalue weighted by molar-refractivity contribution is 4.90. The molecule has 1 aliphatic carbocycles. The van der Waals surface area contributed by atoms with Crippen LogP contribution in [0.5, 0.6) is 0 Å². The first-order valence-corrected chi connectivity index (χ1v) is 7.37. The molecule has 2 N–H and O–H groups in total. The fourth-order valence-electron chi connectivity index (χ4n) is 3.31. The monoisotopic (exact) mass is 256 g/mol. The van der Waals surface area contributed by atoms with E-state index in [0.29, 0.717) is 6.04 Å². The third-order valence-corrected chi connectivity index (χ3v) is 4.47. The van der Waals surface area contributed by atoms with Gasteiger partial charge in [-0.05, 0) is 32.7 Å². The molecule has 0 aromatic carbocycles. The molecule has 2 rings (SSSR count). The van der Waals surface area contributed by atoms with Gasteiger partial charge in [-0.15, -0.1) is 0 Å². The van der Waals surface area contributed by atoms with Crippen molar-refractivity contribution in [1.29, 1.82) is 0 Å². The van der Waals surface area contributed by atoms with Crippen molar-refractivity contribution in [2.24, 2.45) is 5.41 Å². The first-order chi connectivity index (χ1) is 8.79. The molecule has 2 fully saturated rings. The minimum atomic E-state index is 0.248. The Morgan fingerprint density at radius 1 is 1.39 bits per heavy atom. The van der Waals surface area contributed by atoms with E-state index in [9.17, 15) is 5.11 Å². The van der Waals surface area contributed by atoms with Crippen molar-refractivity contribution in [3.05, 3.63) is 0 Å². The summed E-state index contributed by atoms with van der Waals surface area (Å²) in [6.45, 7) is 4.95. The summed E-state index contributed by atoms with van der Waals surface area (Å²) in [5.41, 5.74) is 0.248. The van der Waals surface area contributed by atoms with Crippen molar-refractivity contribution in [2.75, 3.05) is 46.5 Å². The third kappa shape index (κ3) is 3.44. The zero-order valence-electron chi connectivity index (χ0n) is 11.7. The molecule has 0 radical (unpaired) electrons. The van der Waals surface area contributed by atoms with Crippen LogP contribution in [0.1, 0.15) is 32.1 Å². The molecule has 2 aliphatic rings. The van der Waals surface area contributed by atoms with E-state index in [1.54, 1.807) is 0 Å². The molecule has 4 heteroatoms. The van der Waals surface area contributed by atoms with Gasteiger partial charge in [0.2, 0.25) is 0 Å². The van der Waals surface area contributed by atoms with Crippen molar-refractivity contribution >= 4 is 0 Å². The minimum absolute atomic E-state index is 0.248. The lowest BCUT2D eigenvalue weighted by molar-refractivity contribution is -0.0414. The number of hydrogen-bond acceptors (Lipinski definition) is 4. The molecule has 4 nitrogen and oxygen atoms in total. The Morgan fingerprint density at radius 2 is 2.22 bits per heavy atom. The van der Waals surface area contributed by atoms with Gasteiger partial charge in [-0.1, -0.05) is 6.42 Å². The van der Waals surface area contributed by atoms with Gasteiger partial charge in [-0.25, -0.2) is 0 Å². The minimum Gasteiger partial charge on any atom is -0.395 e. The van der Waals surface area contributed by atoms with Crippen LogP contribution in [0.15, 0.2) is 0 Å². The van der Waals surface area contributed by atoms with Gasteiger partial charge >= 0.3 is 0 Å². The molecule has 1 saturated carbocycles. The maximum atomic E-state index is 9.26. The Balaban J connectivity index is 1.95. The van der Waals surface area contributed by atoms with Crippen LogP contribution in [0.3, 0.4) is 0 Å². The quantitative estimate of drug-likeness (QED) is 0.709. The van der Waals surface area contributed by atoms with Gasteiger partial charge in [0.15, 0.2) is 0 Å². The van der Waals surface area contributed by atoms with Crippen LogP contribution in [-0.2, 0) is 4.74 Å². The van der Waals surface area contributed by atoms with E-state index >= 15 is 0 Å². The van der Waals surface area contributed by atoms with Gasteiger partial charge in [-0.3, -0.25) is 4.90 Å². The summed E-state index contributed by atoms with van der Waals surface area (Å²) in [7, 11) is 2.02. The Labute approximate surface area is 111 Å². The summed E-state index contributed by atoms with van der Waals surface area (Å²) in [5, 5.41) is 12.6. The molecule has 106 valence electrons. The molecular formula is C14H28N2O2. The molecule has 0 aromatic heterocycles. The molecule has 1 atom stereocenters. The van der Waals surface area contributed by atoms with Crippen molar-refractivity contribution in [3.63, 3.8) is 0 Å². The second-order valence-corrected chi connectivity index (χ2v) is 5.97. The summed E-state index contributed by atoms with van der Waals surface area (Å²) < 4.78 is 5.72. The molecule has 1 aliphatic heterocycles. The van der Waals surface area contributed by atoms with E-state index in [2.05, 4.69) is 10.2 Å². The molecule has 18 heavy (non-hydrogen) atoms. The van der Waals surface area contributed by atoms with Gasteiger partial charge in [0.25, 0.3) is 0 Å². The maximum absolute atomic E-state index is 9.26. The number of hydrogen-bond donors (Lipinski definition) is 2. The van der Waals surface area contributed by atoms with Crippen molar-refractivity contribution in [2.45, 2.75) is 38.1 Å². The zero-order chi connectivity index (χ0) is 12.8. The molecule has 0 aromatic rings. The van der Waals surface area contributed by atoms with Crippen LogP contribution in [0, 0.1) is 5.41 Å². The summed E-state index contributed by atoms with van der Waals surface area (Å²) in [6.07, 6.45) is 6.36. The smallest absolute Gasteiger partial charge is 0.0558 e. The second kappa shape index (κ2) is 6.85. The number of aliphatic hydroxyl groups excluding tert-OH is 1. The Kier molecular flexibility index (Phi) is 5.42. The Bertz CT molecular complexity index is 232. The lowest BCUT2D eigenvalue weighted by Crippen LogP contribution is -2.53. The fourth-order valence-corrected chi connectivity index (χ4v) is 3.31. The average Bonchev–Trinajstić information content (AvgIpc) is 2.28. The standard InChI is InChI=1S/C14H28N2O2/c1-15-10-14(6-3-9-18-12-14)11-16(7-8-17)13-4-2-5-13/h13,15,17H,2-12H2,1H3. The van der Waals surface area contributed by atoms with E-state index in [1.807, 2.05) is 7.05 Å². The van der Waals surface area contributed by atoms with Gasteiger partial charge in [0.05, 0.1) is 13.2 Å². The molecule has 0 spiro atoms. The Morgan fingerprint density at radius 3 is 2.72 bits per heavy atom. The molecule has 0 bridgehead atoms. The second-order valence-electron chi connectivity index (χ2n) is 5.97. The summed E-state index contributed by atoms with van der Waals surface area (Å²) >= 11 is 0. The highest BCUT2D eigenvalue weighted by Gasteiger charge is 2.37. The summed E-state index contributed by atoms with van der Waals surface area (Å²) in [4.78, 5) is 2.50. The van der Waals surface area contributed by atoms with Crippen LogP contribution >= 0.6 is 0 Å². The SMILES string of the molecule is CNCC1(CN(CCO)C2CCC2)CCCOC1. The van der Waals surface area contributed by atoms with Gasteiger partial charge in [0, 0.05) is 37.7 Å². The van der Waals surface area contributed by atoms with Crippen molar-refractivity contribution in [1.82, 2.24) is 10.2 Å². The molecule has 1 unspecified atom stereocenters. The fraction of sp³-hybridized carbons (Fsp3) is 1.00.